The van der Waals surface area contributed by atoms with Crippen molar-refractivity contribution in [2.24, 2.45) is 0 Å². The van der Waals surface area contributed by atoms with Gasteiger partial charge in [0.05, 0.1) is 6.10 Å². The van der Waals surface area contributed by atoms with E-state index in [0.29, 0.717) is 12.4 Å². The molecule has 3 rings (SSSR count). The lowest BCUT2D eigenvalue weighted by Crippen LogP contribution is -2.47. The van der Waals surface area contributed by atoms with Gasteiger partial charge < -0.3 is 14.6 Å². The van der Waals surface area contributed by atoms with Gasteiger partial charge in [-0.15, -0.1) is 0 Å². The van der Waals surface area contributed by atoms with Gasteiger partial charge in [0.2, 0.25) is 0 Å². The van der Waals surface area contributed by atoms with Gasteiger partial charge in [0, 0.05) is 24.2 Å². The Morgan fingerprint density at radius 3 is 2.45 bits per heavy atom. The lowest BCUT2D eigenvalue weighted by atomic mass is 9.72. The first kappa shape index (κ1) is 13.7. The second-order valence-electron chi connectivity index (χ2n) is 6.25. The standard InChI is InChI=1S/C17H24O3/c1-5-19-13-9-17(7-6-8-17)20-16-11(3)10(2)15(18)12(4)14(13)16/h13,18H,5-9H2,1-4H3. The third-order valence-electron chi connectivity index (χ3n) is 5.09. The summed E-state index contributed by atoms with van der Waals surface area (Å²) in [6.45, 7) is 8.67. The van der Waals surface area contributed by atoms with Crippen molar-refractivity contribution in [3.8, 4) is 11.5 Å². The molecule has 3 heteroatoms. The molecule has 0 radical (unpaired) electrons. The van der Waals surface area contributed by atoms with Crippen molar-refractivity contribution in [3.05, 3.63) is 22.3 Å². The zero-order valence-corrected chi connectivity index (χ0v) is 12.9. The molecule has 1 heterocycles. The summed E-state index contributed by atoms with van der Waals surface area (Å²) in [7, 11) is 0. The fourth-order valence-corrected chi connectivity index (χ4v) is 3.57. The molecular weight excluding hydrogens is 252 g/mol. The van der Waals surface area contributed by atoms with Gasteiger partial charge in [0.15, 0.2) is 0 Å². The maximum Gasteiger partial charge on any atom is 0.129 e. The average Bonchev–Trinajstić information content (AvgIpc) is 2.40. The summed E-state index contributed by atoms with van der Waals surface area (Å²) in [6, 6.07) is 0. The van der Waals surface area contributed by atoms with Gasteiger partial charge in [-0.25, -0.2) is 0 Å². The normalized spacial score (nSPS) is 23.1. The van der Waals surface area contributed by atoms with Crippen LogP contribution < -0.4 is 4.74 Å². The second kappa shape index (κ2) is 4.66. The Morgan fingerprint density at radius 2 is 1.90 bits per heavy atom. The van der Waals surface area contributed by atoms with Crippen LogP contribution in [-0.4, -0.2) is 17.3 Å². The quantitative estimate of drug-likeness (QED) is 0.883. The lowest BCUT2D eigenvalue weighted by molar-refractivity contribution is -0.0858. The molecule has 1 fully saturated rings. The summed E-state index contributed by atoms with van der Waals surface area (Å²) in [4.78, 5) is 0. The van der Waals surface area contributed by atoms with Crippen molar-refractivity contribution in [2.45, 2.75) is 65.1 Å². The molecule has 1 aliphatic heterocycles. The minimum absolute atomic E-state index is 0.0204. The molecule has 2 aliphatic rings. The summed E-state index contributed by atoms with van der Waals surface area (Å²) in [6.07, 6.45) is 4.44. The monoisotopic (exact) mass is 276 g/mol. The molecule has 0 amide bonds. The van der Waals surface area contributed by atoms with Crippen molar-refractivity contribution < 1.29 is 14.6 Å². The van der Waals surface area contributed by atoms with Crippen LogP contribution in [0.1, 0.15) is 61.0 Å². The van der Waals surface area contributed by atoms with Crippen LogP contribution in [0.15, 0.2) is 0 Å². The summed E-state index contributed by atoms with van der Waals surface area (Å²) in [5, 5.41) is 10.3. The van der Waals surface area contributed by atoms with Crippen molar-refractivity contribution in [1.29, 1.82) is 0 Å². The maximum atomic E-state index is 10.3. The minimum Gasteiger partial charge on any atom is -0.507 e. The largest absolute Gasteiger partial charge is 0.507 e. The zero-order chi connectivity index (χ0) is 14.5. The molecular formula is C17H24O3. The Bertz CT molecular complexity index is 544. The highest BCUT2D eigenvalue weighted by Crippen LogP contribution is 2.53. The first-order valence-corrected chi connectivity index (χ1v) is 7.62. The van der Waals surface area contributed by atoms with Crippen LogP contribution in [0.4, 0.5) is 0 Å². The maximum absolute atomic E-state index is 10.3. The molecule has 0 saturated heterocycles. The Kier molecular flexibility index (Phi) is 3.20. The highest BCUT2D eigenvalue weighted by molar-refractivity contribution is 5.59. The number of phenolic OH excluding ortho intramolecular Hbond substituents is 1. The van der Waals surface area contributed by atoms with Crippen LogP contribution >= 0.6 is 0 Å². The molecule has 1 unspecified atom stereocenters. The van der Waals surface area contributed by atoms with Crippen molar-refractivity contribution in [1.82, 2.24) is 0 Å². The fraction of sp³-hybridized carbons (Fsp3) is 0.647. The Hall–Kier alpha value is -1.22. The van der Waals surface area contributed by atoms with E-state index < -0.39 is 0 Å². The van der Waals surface area contributed by atoms with E-state index in [-0.39, 0.29) is 11.7 Å². The van der Waals surface area contributed by atoms with Crippen molar-refractivity contribution in [2.75, 3.05) is 6.61 Å². The summed E-state index contributed by atoms with van der Waals surface area (Å²) in [5.41, 5.74) is 3.93. The molecule has 20 heavy (non-hydrogen) atoms. The minimum atomic E-state index is -0.0204. The molecule has 1 aromatic carbocycles. The Balaban J connectivity index is 2.15. The Morgan fingerprint density at radius 1 is 1.20 bits per heavy atom. The van der Waals surface area contributed by atoms with E-state index >= 15 is 0 Å². The van der Waals surface area contributed by atoms with Gasteiger partial charge in [0.25, 0.3) is 0 Å². The topological polar surface area (TPSA) is 38.7 Å². The van der Waals surface area contributed by atoms with Crippen LogP contribution in [0.25, 0.3) is 0 Å². The SMILES string of the molecule is CCOC1CC2(CCC2)Oc2c(C)c(C)c(O)c(C)c21. The van der Waals surface area contributed by atoms with Crippen LogP contribution in [0, 0.1) is 20.8 Å². The van der Waals surface area contributed by atoms with Gasteiger partial charge in [0.1, 0.15) is 17.1 Å². The second-order valence-corrected chi connectivity index (χ2v) is 6.25. The molecule has 1 N–H and O–H groups in total. The number of hydrogen-bond acceptors (Lipinski definition) is 3. The molecule has 3 nitrogen and oxygen atoms in total. The van der Waals surface area contributed by atoms with Crippen LogP contribution in [0.3, 0.4) is 0 Å². The number of ether oxygens (including phenoxy) is 2. The fourth-order valence-electron chi connectivity index (χ4n) is 3.57. The number of benzene rings is 1. The van der Waals surface area contributed by atoms with Crippen LogP contribution in [-0.2, 0) is 4.74 Å². The first-order valence-electron chi connectivity index (χ1n) is 7.62. The number of phenols is 1. The number of aromatic hydroxyl groups is 1. The van der Waals surface area contributed by atoms with Gasteiger partial charge in [-0.2, -0.15) is 0 Å². The zero-order valence-electron chi connectivity index (χ0n) is 12.9. The highest BCUT2D eigenvalue weighted by atomic mass is 16.5. The summed E-state index contributed by atoms with van der Waals surface area (Å²) >= 11 is 0. The summed E-state index contributed by atoms with van der Waals surface area (Å²) < 4.78 is 12.4. The summed E-state index contributed by atoms with van der Waals surface area (Å²) in [5.74, 6) is 1.35. The predicted molar refractivity (Wildman–Crippen MR) is 78.5 cm³/mol. The average molecular weight is 276 g/mol. The molecule has 1 aromatic rings. The molecule has 1 atom stereocenters. The van der Waals surface area contributed by atoms with Gasteiger partial charge in [-0.05, 0) is 58.1 Å². The predicted octanol–water partition coefficient (Wildman–Crippen LogP) is 4.10. The van der Waals surface area contributed by atoms with Gasteiger partial charge >= 0.3 is 0 Å². The van der Waals surface area contributed by atoms with E-state index in [1.54, 1.807) is 0 Å². The lowest BCUT2D eigenvalue weighted by Gasteiger charge is -2.48. The number of fused-ring (bicyclic) bond motifs is 1. The van der Waals surface area contributed by atoms with E-state index in [9.17, 15) is 5.11 Å². The van der Waals surface area contributed by atoms with E-state index in [1.165, 1.54) is 6.42 Å². The highest BCUT2D eigenvalue weighted by Gasteiger charge is 2.47. The van der Waals surface area contributed by atoms with Gasteiger partial charge in [-0.3, -0.25) is 0 Å². The third kappa shape index (κ3) is 1.83. The molecule has 110 valence electrons. The molecule has 0 aromatic heterocycles. The van der Waals surface area contributed by atoms with E-state index in [0.717, 1.165) is 47.3 Å². The van der Waals surface area contributed by atoms with E-state index in [1.807, 2.05) is 27.7 Å². The molecule has 1 saturated carbocycles. The van der Waals surface area contributed by atoms with Crippen LogP contribution in [0.2, 0.25) is 0 Å². The number of hydrogen-bond donors (Lipinski definition) is 1. The molecule has 1 aliphatic carbocycles. The van der Waals surface area contributed by atoms with Crippen molar-refractivity contribution >= 4 is 0 Å². The van der Waals surface area contributed by atoms with Crippen LogP contribution in [0.5, 0.6) is 11.5 Å². The van der Waals surface area contributed by atoms with E-state index in [4.69, 9.17) is 9.47 Å². The third-order valence-corrected chi connectivity index (χ3v) is 5.09. The van der Waals surface area contributed by atoms with E-state index in [2.05, 4.69) is 0 Å². The Labute approximate surface area is 120 Å². The first-order chi connectivity index (χ1) is 9.49. The number of rotatable bonds is 2. The van der Waals surface area contributed by atoms with Crippen molar-refractivity contribution in [3.63, 3.8) is 0 Å². The molecule has 1 spiro atoms. The smallest absolute Gasteiger partial charge is 0.129 e. The molecule has 0 bridgehead atoms. The van der Waals surface area contributed by atoms with Gasteiger partial charge in [-0.1, -0.05) is 0 Å².